The second-order valence-electron chi connectivity index (χ2n) is 14.0. The van der Waals surface area contributed by atoms with E-state index in [2.05, 4.69) is 50.0 Å². The molecule has 2 aliphatic heterocycles. The molecular formula is C36H48N2O6. The van der Waals surface area contributed by atoms with E-state index in [1.165, 1.54) is 30.4 Å². The van der Waals surface area contributed by atoms with Gasteiger partial charge in [0.05, 0.1) is 32.5 Å². The van der Waals surface area contributed by atoms with E-state index >= 15 is 0 Å². The number of aromatic nitrogens is 1. The van der Waals surface area contributed by atoms with Gasteiger partial charge in [-0.05, 0) is 85.5 Å². The zero-order chi connectivity index (χ0) is 31.0. The molecule has 0 unspecified atom stereocenters. The Hall–Kier alpha value is -2.97. The third kappa shape index (κ3) is 6.00. The van der Waals surface area contributed by atoms with Crippen molar-refractivity contribution in [2.24, 2.45) is 11.3 Å². The Labute approximate surface area is 261 Å². The van der Waals surface area contributed by atoms with Gasteiger partial charge in [0.25, 0.3) is 5.91 Å². The molecule has 4 fully saturated rings. The highest BCUT2D eigenvalue weighted by Gasteiger charge is 2.60. The molecule has 5 atom stereocenters. The van der Waals surface area contributed by atoms with Gasteiger partial charge in [0.15, 0.2) is 0 Å². The molecule has 2 saturated heterocycles. The predicted octanol–water partition coefficient (Wildman–Crippen LogP) is 6.48. The molecule has 0 bridgehead atoms. The molecule has 238 valence electrons. The van der Waals surface area contributed by atoms with Crippen LogP contribution in [0, 0.1) is 11.3 Å². The van der Waals surface area contributed by atoms with Crippen molar-refractivity contribution in [3.05, 3.63) is 58.8 Å². The minimum atomic E-state index is -0.810. The summed E-state index contributed by atoms with van der Waals surface area (Å²) in [7, 11) is 1.63. The summed E-state index contributed by atoms with van der Waals surface area (Å²) in [6, 6.07) is 9.29. The van der Waals surface area contributed by atoms with E-state index in [1.54, 1.807) is 12.0 Å². The van der Waals surface area contributed by atoms with Gasteiger partial charge in [-0.15, -0.1) is 0 Å². The number of hydrogen-bond acceptors (Lipinski definition) is 7. The number of carbonyl (C=O) groups is 2. The molecule has 4 aliphatic rings. The van der Waals surface area contributed by atoms with Crippen molar-refractivity contribution in [1.29, 1.82) is 0 Å². The van der Waals surface area contributed by atoms with Gasteiger partial charge >= 0.3 is 5.97 Å². The summed E-state index contributed by atoms with van der Waals surface area (Å²) in [6.45, 7) is 9.24. The Balaban J connectivity index is 1.46. The summed E-state index contributed by atoms with van der Waals surface area (Å²) in [4.78, 5) is 34.9. The van der Waals surface area contributed by atoms with Crippen LogP contribution in [-0.4, -0.2) is 60.3 Å². The smallest absolute Gasteiger partial charge is 0.329 e. The van der Waals surface area contributed by atoms with E-state index in [-0.39, 0.29) is 31.0 Å². The average molecular weight is 605 g/mol. The highest BCUT2D eigenvalue weighted by atomic mass is 16.5. The summed E-state index contributed by atoms with van der Waals surface area (Å²) in [5, 5.41) is 0. The minimum Gasteiger partial charge on any atom is -0.481 e. The molecule has 3 heterocycles. The van der Waals surface area contributed by atoms with Gasteiger partial charge in [0.1, 0.15) is 12.1 Å². The minimum absolute atomic E-state index is 0.150. The number of nitrogens with zero attached hydrogens (tertiary/aromatic N) is 2. The first-order valence-electron chi connectivity index (χ1n) is 16.6. The van der Waals surface area contributed by atoms with Crippen LogP contribution in [0.5, 0.6) is 5.88 Å². The van der Waals surface area contributed by atoms with Crippen molar-refractivity contribution in [3.63, 3.8) is 0 Å². The molecule has 2 aromatic rings. The topological polar surface area (TPSA) is 87.2 Å². The molecule has 6 rings (SSSR count). The Morgan fingerprint density at radius 3 is 2.36 bits per heavy atom. The molecule has 0 N–H and O–H groups in total. The van der Waals surface area contributed by atoms with Gasteiger partial charge < -0.3 is 23.8 Å². The Bertz CT molecular complexity index is 1340. The number of ether oxygens (including phenoxy) is 4. The predicted molar refractivity (Wildman–Crippen MR) is 166 cm³/mol. The normalized spacial score (nSPS) is 27.3. The number of esters is 1. The molecule has 0 radical (unpaired) electrons. The Morgan fingerprint density at radius 2 is 1.77 bits per heavy atom. The SMILES string of the molecule is CCOC(=O)[C@@H]1[C@@H](C(C)(C)C)[C@H](OCc2cc(C3CCC3)cnc2OC)[C@H](c2ccccc2C2CC2)N1C(=O)[C@@H]1CCCO1. The summed E-state index contributed by atoms with van der Waals surface area (Å²) < 4.78 is 24.4. The molecule has 2 aliphatic carbocycles. The monoisotopic (exact) mass is 604 g/mol. The first-order chi connectivity index (χ1) is 21.2. The highest BCUT2D eigenvalue weighted by molar-refractivity contribution is 5.89. The first-order valence-corrected chi connectivity index (χ1v) is 16.6. The highest BCUT2D eigenvalue weighted by Crippen LogP contribution is 2.53. The van der Waals surface area contributed by atoms with Crippen molar-refractivity contribution >= 4 is 11.9 Å². The third-order valence-corrected chi connectivity index (χ3v) is 10.1. The quantitative estimate of drug-likeness (QED) is 0.287. The fourth-order valence-electron chi connectivity index (χ4n) is 7.57. The van der Waals surface area contributed by atoms with Crippen LogP contribution < -0.4 is 4.74 Å². The van der Waals surface area contributed by atoms with E-state index in [0.717, 1.165) is 30.4 Å². The van der Waals surface area contributed by atoms with Crippen LogP contribution in [-0.2, 0) is 30.4 Å². The molecule has 1 aromatic heterocycles. The van der Waals surface area contributed by atoms with Crippen LogP contribution in [0.1, 0.15) is 113 Å². The largest absolute Gasteiger partial charge is 0.481 e. The van der Waals surface area contributed by atoms with Gasteiger partial charge in [0, 0.05) is 24.3 Å². The van der Waals surface area contributed by atoms with Crippen LogP contribution in [0.4, 0.5) is 0 Å². The van der Waals surface area contributed by atoms with Crippen LogP contribution >= 0.6 is 0 Å². The standard InChI is InChI=1S/C36H48N2O6/c1-6-42-35(40)31-29(36(2,3)4)32(44-21-25-19-24(22-11-9-12-22)20-37-33(25)41-5)30(38(31)34(39)28-15-10-18-43-28)27-14-8-7-13-26(27)23-16-17-23/h7-8,13-14,19-20,22-23,28-32H,6,9-12,15-18,21H2,1-5H3/t28-,29+,30-,31-,32-/m0/s1. The zero-order valence-electron chi connectivity index (χ0n) is 26.9. The lowest BCUT2D eigenvalue weighted by Crippen LogP contribution is -2.50. The molecule has 8 nitrogen and oxygen atoms in total. The number of amides is 1. The number of hydrogen-bond donors (Lipinski definition) is 0. The van der Waals surface area contributed by atoms with Crippen LogP contribution in [0.3, 0.4) is 0 Å². The summed E-state index contributed by atoms with van der Waals surface area (Å²) >= 11 is 0. The first kappa shape index (κ1) is 31.0. The number of rotatable bonds is 10. The van der Waals surface area contributed by atoms with Gasteiger partial charge in [-0.25, -0.2) is 9.78 Å². The maximum atomic E-state index is 14.5. The number of benzene rings is 1. The maximum Gasteiger partial charge on any atom is 0.329 e. The maximum absolute atomic E-state index is 14.5. The lowest BCUT2D eigenvalue weighted by atomic mass is 9.73. The van der Waals surface area contributed by atoms with E-state index in [4.69, 9.17) is 18.9 Å². The number of pyridine rings is 1. The number of methoxy groups -OCH3 is 1. The number of carbonyl (C=O) groups excluding carboxylic acids is 2. The molecule has 2 saturated carbocycles. The van der Waals surface area contributed by atoms with E-state index in [0.29, 0.717) is 30.7 Å². The van der Waals surface area contributed by atoms with Crippen LogP contribution in [0.25, 0.3) is 0 Å². The summed E-state index contributed by atoms with van der Waals surface area (Å²) in [6.07, 6.45) is 8.16. The van der Waals surface area contributed by atoms with Crippen molar-refractivity contribution in [2.75, 3.05) is 20.3 Å². The molecule has 8 heteroatoms. The van der Waals surface area contributed by atoms with Gasteiger partial charge in [-0.1, -0.05) is 51.5 Å². The van der Waals surface area contributed by atoms with E-state index in [1.807, 2.05) is 19.2 Å². The van der Waals surface area contributed by atoms with Crippen LogP contribution in [0.15, 0.2) is 36.5 Å². The lowest BCUT2D eigenvalue weighted by molar-refractivity contribution is -0.160. The fraction of sp³-hybridized carbons (Fsp3) is 0.639. The average Bonchev–Trinajstić information content (AvgIpc) is 3.54. The van der Waals surface area contributed by atoms with Gasteiger partial charge in [-0.3, -0.25) is 4.79 Å². The molecule has 1 amide bonds. The molecule has 0 spiro atoms. The zero-order valence-corrected chi connectivity index (χ0v) is 26.9. The van der Waals surface area contributed by atoms with E-state index in [9.17, 15) is 9.59 Å². The fourth-order valence-corrected chi connectivity index (χ4v) is 7.57. The van der Waals surface area contributed by atoms with Crippen molar-refractivity contribution in [1.82, 2.24) is 9.88 Å². The molecular weight excluding hydrogens is 556 g/mol. The Morgan fingerprint density at radius 1 is 1.02 bits per heavy atom. The van der Waals surface area contributed by atoms with Crippen molar-refractivity contribution < 1.29 is 28.5 Å². The van der Waals surface area contributed by atoms with Gasteiger partial charge in [-0.2, -0.15) is 0 Å². The van der Waals surface area contributed by atoms with E-state index < -0.39 is 29.7 Å². The van der Waals surface area contributed by atoms with Gasteiger partial charge in [0.2, 0.25) is 5.88 Å². The Kier molecular flexibility index (Phi) is 9.02. The third-order valence-electron chi connectivity index (χ3n) is 10.1. The van der Waals surface area contributed by atoms with Crippen LogP contribution in [0.2, 0.25) is 0 Å². The summed E-state index contributed by atoms with van der Waals surface area (Å²) in [5.74, 6) is 0.643. The second kappa shape index (κ2) is 12.8. The molecule has 44 heavy (non-hydrogen) atoms. The second-order valence-corrected chi connectivity index (χ2v) is 14.0. The summed E-state index contributed by atoms with van der Waals surface area (Å²) in [5.41, 5.74) is 4.00. The lowest BCUT2D eigenvalue weighted by Gasteiger charge is -2.35. The van der Waals surface area contributed by atoms with Crippen molar-refractivity contribution in [2.45, 2.75) is 115 Å². The van der Waals surface area contributed by atoms with Crippen molar-refractivity contribution in [3.8, 4) is 5.88 Å². The molecule has 1 aromatic carbocycles. The number of likely N-dealkylation sites (tertiary alicyclic amines) is 1.